The number of hydrogen-bond acceptors (Lipinski definition) is 5. The van der Waals surface area contributed by atoms with Crippen molar-refractivity contribution in [1.29, 1.82) is 0 Å². The SMILES string of the molecule is O=C(NCCNc1ccc(-n2cccc2)nn1)C1CCOC1. The summed E-state index contributed by atoms with van der Waals surface area (Å²) in [4.78, 5) is 11.8. The molecule has 1 aliphatic heterocycles. The lowest BCUT2D eigenvalue weighted by Gasteiger charge is -2.10. The third kappa shape index (κ3) is 3.62. The summed E-state index contributed by atoms with van der Waals surface area (Å²) in [5.41, 5.74) is 0. The van der Waals surface area contributed by atoms with Gasteiger partial charge in [0, 0.05) is 32.1 Å². The number of ether oxygens (including phenoxy) is 1. The first-order valence-electron chi connectivity index (χ1n) is 7.39. The Morgan fingerprint density at radius 3 is 2.82 bits per heavy atom. The summed E-state index contributed by atoms with van der Waals surface area (Å²) in [7, 11) is 0. The van der Waals surface area contributed by atoms with E-state index < -0.39 is 0 Å². The Balaban J connectivity index is 1.41. The van der Waals surface area contributed by atoms with Crippen molar-refractivity contribution in [2.75, 3.05) is 31.6 Å². The van der Waals surface area contributed by atoms with Gasteiger partial charge in [-0.2, -0.15) is 0 Å². The predicted molar refractivity (Wildman–Crippen MR) is 81.8 cm³/mol. The monoisotopic (exact) mass is 301 g/mol. The van der Waals surface area contributed by atoms with Crippen molar-refractivity contribution in [2.24, 2.45) is 5.92 Å². The lowest BCUT2D eigenvalue weighted by Crippen LogP contribution is -2.34. The van der Waals surface area contributed by atoms with Crippen LogP contribution in [0.5, 0.6) is 0 Å². The van der Waals surface area contributed by atoms with E-state index in [9.17, 15) is 4.79 Å². The highest BCUT2D eigenvalue weighted by Crippen LogP contribution is 2.11. The molecule has 116 valence electrons. The number of carbonyl (C=O) groups excluding carboxylic acids is 1. The maximum atomic E-state index is 11.8. The van der Waals surface area contributed by atoms with Crippen LogP contribution in [0.4, 0.5) is 5.82 Å². The highest BCUT2D eigenvalue weighted by molar-refractivity contribution is 5.79. The van der Waals surface area contributed by atoms with Crippen molar-refractivity contribution >= 4 is 11.7 Å². The molecule has 0 bridgehead atoms. The van der Waals surface area contributed by atoms with Gasteiger partial charge in [-0.1, -0.05) is 0 Å². The van der Waals surface area contributed by atoms with E-state index in [1.807, 2.05) is 41.2 Å². The summed E-state index contributed by atoms with van der Waals surface area (Å²) in [6.07, 6.45) is 4.64. The van der Waals surface area contributed by atoms with Gasteiger partial charge in [0.15, 0.2) is 5.82 Å². The number of hydrogen-bond donors (Lipinski definition) is 2. The van der Waals surface area contributed by atoms with Crippen LogP contribution in [0.25, 0.3) is 5.82 Å². The van der Waals surface area contributed by atoms with Crippen LogP contribution >= 0.6 is 0 Å². The molecule has 2 aromatic rings. The molecule has 0 aliphatic carbocycles. The van der Waals surface area contributed by atoms with Gasteiger partial charge < -0.3 is 19.9 Å². The van der Waals surface area contributed by atoms with Crippen LogP contribution in [-0.2, 0) is 9.53 Å². The van der Waals surface area contributed by atoms with Crippen molar-refractivity contribution in [3.63, 3.8) is 0 Å². The van der Waals surface area contributed by atoms with Gasteiger partial charge in [0.05, 0.1) is 12.5 Å². The molecule has 2 aromatic heterocycles. The second-order valence-corrected chi connectivity index (χ2v) is 5.15. The molecule has 1 atom stereocenters. The van der Waals surface area contributed by atoms with Crippen LogP contribution < -0.4 is 10.6 Å². The second kappa shape index (κ2) is 7.04. The number of amides is 1. The van der Waals surface area contributed by atoms with Crippen LogP contribution in [0.2, 0.25) is 0 Å². The average Bonchev–Trinajstić information content (AvgIpc) is 3.25. The smallest absolute Gasteiger partial charge is 0.225 e. The third-order valence-corrected chi connectivity index (χ3v) is 3.55. The Kier molecular flexibility index (Phi) is 4.65. The van der Waals surface area contributed by atoms with E-state index in [1.54, 1.807) is 0 Å². The van der Waals surface area contributed by atoms with Crippen LogP contribution in [-0.4, -0.2) is 47.0 Å². The zero-order valence-electron chi connectivity index (χ0n) is 12.2. The molecule has 1 aliphatic rings. The first kappa shape index (κ1) is 14.5. The van der Waals surface area contributed by atoms with Crippen LogP contribution in [0, 0.1) is 5.92 Å². The highest BCUT2D eigenvalue weighted by atomic mass is 16.5. The van der Waals surface area contributed by atoms with E-state index in [0.717, 1.165) is 12.2 Å². The summed E-state index contributed by atoms with van der Waals surface area (Å²) < 4.78 is 7.09. The molecule has 3 rings (SSSR count). The number of nitrogens with zero attached hydrogens (tertiary/aromatic N) is 3. The van der Waals surface area contributed by atoms with Gasteiger partial charge in [-0.05, 0) is 30.7 Å². The molecule has 1 unspecified atom stereocenters. The topological polar surface area (TPSA) is 81.1 Å². The fraction of sp³-hybridized carbons (Fsp3) is 0.400. The quantitative estimate of drug-likeness (QED) is 0.773. The maximum Gasteiger partial charge on any atom is 0.225 e. The van der Waals surface area contributed by atoms with Crippen LogP contribution in [0.3, 0.4) is 0 Å². The van der Waals surface area contributed by atoms with E-state index in [1.165, 1.54) is 0 Å². The van der Waals surface area contributed by atoms with Gasteiger partial charge in [0.2, 0.25) is 5.91 Å². The molecular formula is C15H19N5O2. The normalized spacial score (nSPS) is 17.4. The number of anilines is 1. The Morgan fingerprint density at radius 2 is 2.14 bits per heavy atom. The predicted octanol–water partition coefficient (Wildman–Crippen LogP) is 0.832. The largest absolute Gasteiger partial charge is 0.381 e. The molecule has 1 saturated heterocycles. The fourth-order valence-electron chi connectivity index (χ4n) is 2.31. The average molecular weight is 301 g/mol. The molecule has 1 fully saturated rings. The van der Waals surface area contributed by atoms with Gasteiger partial charge in [-0.25, -0.2) is 0 Å². The zero-order chi connectivity index (χ0) is 15.2. The zero-order valence-corrected chi connectivity index (χ0v) is 12.2. The van der Waals surface area contributed by atoms with Crippen molar-refractivity contribution in [2.45, 2.75) is 6.42 Å². The Morgan fingerprint density at radius 1 is 1.27 bits per heavy atom. The van der Waals surface area contributed by atoms with Gasteiger partial charge in [-0.3, -0.25) is 4.79 Å². The minimum atomic E-state index is 0.000598. The minimum Gasteiger partial charge on any atom is -0.381 e. The van der Waals surface area contributed by atoms with E-state index >= 15 is 0 Å². The Hall–Kier alpha value is -2.41. The van der Waals surface area contributed by atoms with Crippen molar-refractivity contribution in [3.8, 4) is 5.82 Å². The standard InChI is InChI=1S/C15H19N5O2/c21-15(12-5-10-22-11-12)17-7-6-16-13-3-4-14(19-18-13)20-8-1-2-9-20/h1-4,8-9,12H,5-7,10-11H2,(H,16,18)(H,17,21). The molecule has 0 saturated carbocycles. The van der Waals surface area contributed by atoms with Crippen molar-refractivity contribution in [3.05, 3.63) is 36.7 Å². The number of rotatable bonds is 6. The highest BCUT2D eigenvalue weighted by Gasteiger charge is 2.22. The Labute approximate surface area is 128 Å². The van der Waals surface area contributed by atoms with E-state index in [-0.39, 0.29) is 11.8 Å². The minimum absolute atomic E-state index is 0.000598. The molecule has 2 N–H and O–H groups in total. The number of aromatic nitrogens is 3. The van der Waals surface area contributed by atoms with E-state index in [4.69, 9.17) is 4.74 Å². The number of nitrogens with one attached hydrogen (secondary N) is 2. The van der Waals surface area contributed by atoms with Gasteiger partial charge in [-0.15, -0.1) is 10.2 Å². The summed E-state index contributed by atoms with van der Waals surface area (Å²) in [5.74, 6) is 1.52. The molecule has 1 amide bonds. The van der Waals surface area contributed by atoms with Gasteiger partial charge >= 0.3 is 0 Å². The molecule has 7 nitrogen and oxygen atoms in total. The fourth-order valence-corrected chi connectivity index (χ4v) is 2.31. The van der Waals surface area contributed by atoms with E-state index in [0.29, 0.717) is 32.1 Å². The molecular weight excluding hydrogens is 282 g/mol. The van der Waals surface area contributed by atoms with Crippen molar-refractivity contribution < 1.29 is 9.53 Å². The van der Waals surface area contributed by atoms with Crippen LogP contribution in [0.15, 0.2) is 36.7 Å². The summed E-state index contributed by atoms with van der Waals surface area (Å²) in [6.45, 7) is 2.37. The molecule has 0 spiro atoms. The summed E-state index contributed by atoms with van der Waals surface area (Å²) >= 11 is 0. The molecule has 3 heterocycles. The van der Waals surface area contributed by atoms with Crippen molar-refractivity contribution in [1.82, 2.24) is 20.1 Å². The molecule has 22 heavy (non-hydrogen) atoms. The summed E-state index contributed by atoms with van der Waals surface area (Å²) in [5, 5.41) is 14.3. The first-order valence-corrected chi connectivity index (χ1v) is 7.39. The Bertz CT molecular complexity index is 591. The van der Waals surface area contributed by atoms with Gasteiger partial charge in [0.25, 0.3) is 0 Å². The lowest BCUT2D eigenvalue weighted by atomic mass is 10.1. The molecule has 0 aromatic carbocycles. The molecule has 0 radical (unpaired) electrons. The maximum absolute atomic E-state index is 11.8. The van der Waals surface area contributed by atoms with Crippen LogP contribution in [0.1, 0.15) is 6.42 Å². The second-order valence-electron chi connectivity index (χ2n) is 5.15. The summed E-state index contributed by atoms with van der Waals surface area (Å²) in [6, 6.07) is 7.64. The molecule has 7 heteroatoms. The number of carbonyl (C=O) groups is 1. The third-order valence-electron chi connectivity index (χ3n) is 3.55. The van der Waals surface area contributed by atoms with E-state index in [2.05, 4.69) is 20.8 Å². The first-order chi connectivity index (χ1) is 10.8. The lowest BCUT2D eigenvalue weighted by molar-refractivity contribution is -0.124. The van der Waals surface area contributed by atoms with Gasteiger partial charge in [0.1, 0.15) is 5.82 Å².